The van der Waals surface area contributed by atoms with Crippen molar-refractivity contribution in [2.24, 2.45) is 0 Å². The molecule has 5 heteroatoms. The van der Waals surface area contributed by atoms with Crippen molar-refractivity contribution in [1.82, 2.24) is 19.7 Å². The van der Waals surface area contributed by atoms with Gasteiger partial charge in [-0.25, -0.2) is 0 Å². The first-order valence-electron chi connectivity index (χ1n) is 10.1. The van der Waals surface area contributed by atoms with Gasteiger partial charge in [-0.2, -0.15) is 5.10 Å². The summed E-state index contributed by atoms with van der Waals surface area (Å²) in [5, 5.41) is 5.74. The minimum absolute atomic E-state index is 0.0959. The first-order valence-corrected chi connectivity index (χ1v) is 10.1. The van der Waals surface area contributed by atoms with Crippen molar-refractivity contribution in [3.8, 4) is 0 Å². The van der Waals surface area contributed by atoms with Crippen LogP contribution in [0.25, 0.3) is 10.9 Å². The minimum atomic E-state index is 0.0959. The number of carbonyl (C=O) groups is 1. The van der Waals surface area contributed by atoms with Crippen molar-refractivity contribution in [1.29, 1.82) is 0 Å². The Balaban J connectivity index is 1.34. The average molecular weight is 384 g/mol. The van der Waals surface area contributed by atoms with Gasteiger partial charge in [0, 0.05) is 52.9 Å². The van der Waals surface area contributed by atoms with Crippen LogP contribution in [0.3, 0.4) is 0 Å². The van der Waals surface area contributed by atoms with Crippen molar-refractivity contribution >= 4 is 16.8 Å². The lowest BCUT2D eigenvalue weighted by Crippen LogP contribution is -2.35. The van der Waals surface area contributed by atoms with E-state index in [-0.39, 0.29) is 5.91 Å². The van der Waals surface area contributed by atoms with Gasteiger partial charge in [0.1, 0.15) is 0 Å². The Morgan fingerprint density at radius 3 is 2.66 bits per heavy atom. The average Bonchev–Trinajstić information content (AvgIpc) is 3.26. The lowest BCUT2D eigenvalue weighted by molar-refractivity contribution is 0.0735. The molecule has 0 fully saturated rings. The maximum atomic E-state index is 13.1. The van der Waals surface area contributed by atoms with Crippen LogP contribution < -0.4 is 0 Å². The molecule has 3 heterocycles. The predicted molar refractivity (Wildman–Crippen MR) is 114 cm³/mol. The summed E-state index contributed by atoms with van der Waals surface area (Å²) in [7, 11) is 0. The second kappa shape index (κ2) is 6.92. The number of aryl methyl sites for hydroxylation is 2. The summed E-state index contributed by atoms with van der Waals surface area (Å²) in [6.45, 7) is 6.19. The number of aromatic amines is 1. The highest BCUT2D eigenvalue weighted by molar-refractivity contribution is 5.95. The molecule has 29 heavy (non-hydrogen) atoms. The quantitative estimate of drug-likeness (QED) is 0.575. The zero-order valence-corrected chi connectivity index (χ0v) is 16.8. The van der Waals surface area contributed by atoms with Crippen molar-refractivity contribution in [3.05, 3.63) is 88.4 Å². The van der Waals surface area contributed by atoms with Gasteiger partial charge in [0.2, 0.25) is 0 Å². The van der Waals surface area contributed by atoms with E-state index in [9.17, 15) is 4.79 Å². The minimum Gasteiger partial charge on any atom is -0.358 e. The van der Waals surface area contributed by atoms with Gasteiger partial charge < -0.3 is 9.88 Å². The molecule has 0 spiro atoms. The Morgan fingerprint density at radius 1 is 1.10 bits per heavy atom. The number of rotatable bonds is 3. The number of benzene rings is 2. The van der Waals surface area contributed by atoms with Gasteiger partial charge in [-0.1, -0.05) is 30.3 Å². The lowest BCUT2D eigenvalue weighted by Gasteiger charge is -2.27. The van der Waals surface area contributed by atoms with Crippen LogP contribution in [0.15, 0.2) is 54.6 Å². The first kappa shape index (κ1) is 17.7. The molecule has 0 saturated carbocycles. The molecule has 0 atom stereocenters. The molecule has 146 valence electrons. The Morgan fingerprint density at radius 2 is 1.90 bits per heavy atom. The van der Waals surface area contributed by atoms with Gasteiger partial charge in [-0.05, 0) is 43.7 Å². The SMILES string of the molecule is Cc1cc(C)n(Cc2ccc(C(=O)N3CCc4[nH]c5ccccc5c4C3)cc2)n1. The number of H-pyrrole nitrogens is 1. The van der Waals surface area contributed by atoms with E-state index in [0.717, 1.165) is 47.5 Å². The van der Waals surface area contributed by atoms with E-state index in [0.29, 0.717) is 6.54 Å². The number of hydrogen-bond acceptors (Lipinski definition) is 2. The lowest BCUT2D eigenvalue weighted by atomic mass is 10.0. The normalized spacial score (nSPS) is 13.7. The highest BCUT2D eigenvalue weighted by Gasteiger charge is 2.24. The van der Waals surface area contributed by atoms with E-state index in [1.807, 2.05) is 46.8 Å². The molecule has 1 aliphatic rings. The van der Waals surface area contributed by atoms with Crippen molar-refractivity contribution in [3.63, 3.8) is 0 Å². The molecule has 2 aromatic carbocycles. The Kier molecular flexibility index (Phi) is 4.23. The molecule has 5 nitrogen and oxygen atoms in total. The Bertz CT molecular complexity index is 1200. The van der Waals surface area contributed by atoms with Gasteiger partial charge in [0.15, 0.2) is 0 Å². The van der Waals surface area contributed by atoms with Gasteiger partial charge in [-0.15, -0.1) is 0 Å². The molecule has 1 N–H and O–H groups in total. The maximum absolute atomic E-state index is 13.1. The number of para-hydroxylation sites is 1. The van der Waals surface area contributed by atoms with Crippen LogP contribution in [0.5, 0.6) is 0 Å². The topological polar surface area (TPSA) is 53.9 Å². The third-order valence-corrected chi connectivity index (χ3v) is 5.81. The molecule has 0 bridgehead atoms. The first-order chi connectivity index (χ1) is 14.1. The summed E-state index contributed by atoms with van der Waals surface area (Å²) in [6.07, 6.45) is 0.867. The summed E-state index contributed by atoms with van der Waals surface area (Å²) in [5.74, 6) is 0.0959. The van der Waals surface area contributed by atoms with E-state index in [1.165, 1.54) is 16.6 Å². The van der Waals surface area contributed by atoms with Crippen molar-refractivity contribution in [2.75, 3.05) is 6.54 Å². The van der Waals surface area contributed by atoms with Crippen LogP contribution >= 0.6 is 0 Å². The molecule has 0 unspecified atom stereocenters. The largest absolute Gasteiger partial charge is 0.358 e. The second-order valence-electron chi connectivity index (χ2n) is 7.89. The number of fused-ring (bicyclic) bond motifs is 3. The summed E-state index contributed by atoms with van der Waals surface area (Å²) >= 11 is 0. The molecular formula is C24H24N4O. The van der Waals surface area contributed by atoms with E-state index in [4.69, 9.17) is 0 Å². The van der Waals surface area contributed by atoms with Crippen molar-refractivity contribution < 1.29 is 4.79 Å². The van der Waals surface area contributed by atoms with Gasteiger partial charge >= 0.3 is 0 Å². The van der Waals surface area contributed by atoms with E-state index < -0.39 is 0 Å². The van der Waals surface area contributed by atoms with E-state index >= 15 is 0 Å². The summed E-state index contributed by atoms with van der Waals surface area (Å²) in [4.78, 5) is 18.6. The molecule has 4 aromatic rings. The fraction of sp³-hybridized carbons (Fsp3) is 0.250. The summed E-state index contributed by atoms with van der Waals surface area (Å²) < 4.78 is 2.00. The third-order valence-electron chi connectivity index (χ3n) is 5.81. The van der Waals surface area contributed by atoms with Crippen LogP contribution in [-0.2, 0) is 19.5 Å². The van der Waals surface area contributed by atoms with E-state index in [1.54, 1.807) is 0 Å². The monoisotopic (exact) mass is 384 g/mol. The number of nitrogens with one attached hydrogen (secondary N) is 1. The zero-order valence-electron chi connectivity index (χ0n) is 16.8. The highest BCUT2D eigenvalue weighted by Crippen LogP contribution is 2.28. The Hall–Kier alpha value is -3.34. The van der Waals surface area contributed by atoms with E-state index in [2.05, 4.69) is 41.3 Å². The van der Waals surface area contributed by atoms with Gasteiger partial charge in [0.05, 0.1) is 12.2 Å². The molecule has 0 aliphatic carbocycles. The van der Waals surface area contributed by atoms with Crippen LogP contribution in [0, 0.1) is 13.8 Å². The number of nitrogens with zero attached hydrogens (tertiary/aromatic N) is 3. The molecule has 1 amide bonds. The van der Waals surface area contributed by atoms with Gasteiger partial charge in [0.25, 0.3) is 5.91 Å². The molecule has 5 rings (SSSR count). The van der Waals surface area contributed by atoms with Crippen LogP contribution in [0.1, 0.15) is 38.6 Å². The van der Waals surface area contributed by atoms with Gasteiger partial charge in [-0.3, -0.25) is 9.48 Å². The molecular weight excluding hydrogens is 360 g/mol. The van der Waals surface area contributed by atoms with Crippen molar-refractivity contribution in [2.45, 2.75) is 33.4 Å². The molecule has 2 aromatic heterocycles. The smallest absolute Gasteiger partial charge is 0.254 e. The Labute approximate surface area is 170 Å². The molecule has 1 aliphatic heterocycles. The maximum Gasteiger partial charge on any atom is 0.254 e. The highest BCUT2D eigenvalue weighted by atomic mass is 16.2. The number of amides is 1. The zero-order chi connectivity index (χ0) is 20.0. The number of hydrogen-bond donors (Lipinski definition) is 1. The van der Waals surface area contributed by atoms with Crippen LogP contribution in [0.2, 0.25) is 0 Å². The molecule has 0 saturated heterocycles. The fourth-order valence-electron chi connectivity index (χ4n) is 4.28. The fourth-order valence-corrected chi connectivity index (χ4v) is 4.28. The van der Waals surface area contributed by atoms with Crippen LogP contribution in [-0.4, -0.2) is 32.1 Å². The summed E-state index contributed by atoms with van der Waals surface area (Å²) in [5.41, 5.74) is 7.72. The summed E-state index contributed by atoms with van der Waals surface area (Å²) in [6, 6.07) is 18.3. The van der Waals surface area contributed by atoms with Crippen LogP contribution in [0.4, 0.5) is 0 Å². The molecule has 0 radical (unpaired) electrons. The second-order valence-corrected chi connectivity index (χ2v) is 7.89. The number of aromatic nitrogens is 3. The number of carbonyl (C=O) groups excluding carboxylic acids is 1. The standard InChI is InChI=1S/C24H24N4O/c1-16-13-17(2)28(26-16)14-18-7-9-19(10-8-18)24(29)27-12-11-23-21(15-27)20-5-3-4-6-22(20)25-23/h3-10,13,25H,11-12,14-15H2,1-2H3. The third kappa shape index (κ3) is 3.23. The predicted octanol–water partition coefficient (Wildman–Crippen LogP) is 4.23.